The van der Waals surface area contributed by atoms with Gasteiger partial charge in [-0.2, -0.15) is 12.0 Å². The molecule has 94 valence electrons. The number of rotatable bonds is 5. The van der Waals surface area contributed by atoms with Crippen LogP contribution < -0.4 is 5.32 Å². The third-order valence-electron chi connectivity index (χ3n) is 1.45. The Morgan fingerprint density at radius 1 is 1.41 bits per heavy atom. The zero-order valence-corrected chi connectivity index (χ0v) is 10.7. The SMILES string of the molecule is O=C(CSOS(=O)(=O)O)Nc1ccc(Cl)cc1. The number of amides is 1. The van der Waals surface area contributed by atoms with Gasteiger partial charge >= 0.3 is 10.4 Å². The average molecular weight is 298 g/mol. The predicted octanol–water partition coefficient (Wildman–Crippen LogP) is 1.75. The summed E-state index contributed by atoms with van der Waals surface area (Å²) in [5, 5.41) is 3.01. The number of carbonyl (C=O) groups is 1. The first-order valence-electron chi connectivity index (χ1n) is 4.21. The molecule has 0 spiro atoms. The van der Waals surface area contributed by atoms with Gasteiger partial charge in [0.1, 0.15) is 5.75 Å². The van der Waals surface area contributed by atoms with E-state index in [1.807, 2.05) is 0 Å². The maximum absolute atomic E-state index is 11.3. The molecule has 0 aliphatic carbocycles. The molecule has 9 heteroatoms. The third kappa shape index (κ3) is 6.49. The Kier molecular flexibility index (Phi) is 5.22. The van der Waals surface area contributed by atoms with Crippen LogP contribution in [0.25, 0.3) is 0 Å². The van der Waals surface area contributed by atoms with Crippen LogP contribution >= 0.6 is 23.6 Å². The van der Waals surface area contributed by atoms with Gasteiger partial charge in [-0.1, -0.05) is 11.6 Å². The van der Waals surface area contributed by atoms with E-state index in [4.69, 9.17) is 16.2 Å². The van der Waals surface area contributed by atoms with Crippen molar-refractivity contribution in [2.45, 2.75) is 0 Å². The number of anilines is 1. The Hall–Kier alpha value is -0.800. The molecule has 0 unspecified atom stereocenters. The normalized spacial score (nSPS) is 11.2. The van der Waals surface area contributed by atoms with Gasteiger partial charge in [-0.05, 0) is 24.3 Å². The monoisotopic (exact) mass is 297 g/mol. The fourth-order valence-corrected chi connectivity index (χ4v) is 1.85. The Balaban J connectivity index is 2.37. The Bertz CT molecular complexity index is 487. The topological polar surface area (TPSA) is 92.7 Å². The molecule has 0 aliphatic rings. The van der Waals surface area contributed by atoms with E-state index < -0.39 is 16.3 Å². The summed E-state index contributed by atoms with van der Waals surface area (Å²) in [5.41, 5.74) is 0.520. The second-order valence-electron chi connectivity index (χ2n) is 2.81. The van der Waals surface area contributed by atoms with Crippen molar-refractivity contribution in [3.8, 4) is 0 Å². The first-order chi connectivity index (χ1) is 7.87. The highest BCUT2D eigenvalue weighted by molar-refractivity contribution is 8.03. The van der Waals surface area contributed by atoms with Crippen LogP contribution in [0.1, 0.15) is 0 Å². The molecule has 0 atom stereocenters. The molecule has 0 saturated heterocycles. The van der Waals surface area contributed by atoms with Gasteiger partial charge in [0, 0.05) is 22.8 Å². The van der Waals surface area contributed by atoms with Gasteiger partial charge in [-0.25, -0.2) is 0 Å². The minimum absolute atomic E-state index is 0.275. The second kappa shape index (κ2) is 6.22. The molecule has 0 bridgehead atoms. The predicted molar refractivity (Wildman–Crippen MR) is 65.2 cm³/mol. The van der Waals surface area contributed by atoms with Crippen LogP contribution in [0.15, 0.2) is 24.3 Å². The van der Waals surface area contributed by atoms with Crippen molar-refractivity contribution in [3.05, 3.63) is 29.3 Å². The molecule has 17 heavy (non-hydrogen) atoms. The molecule has 0 aromatic heterocycles. The summed E-state index contributed by atoms with van der Waals surface area (Å²) in [6.07, 6.45) is 0. The van der Waals surface area contributed by atoms with E-state index >= 15 is 0 Å². The Morgan fingerprint density at radius 2 is 2.00 bits per heavy atom. The van der Waals surface area contributed by atoms with Gasteiger partial charge in [-0.15, -0.1) is 0 Å². The lowest BCUT2D eigenvalue weighted by atomic mass is 10.3. The van der Waals surface area contributed by atoms with Crippen molar-refractivity contribution in [1.82, 2.24) is 0 Å². The lowest BCUT2D eigenvalue weighted by Gasteiger charge is -2.03. The number of nitrogens with one attached hydrogen (secondary N) is 1. The van der Waals surface area contributed by atoms with E-state index in [9.17, 15) is 13.2 Å². The summed E-state index contributed by atoms with van der Waals surface area (Å²) < 4.78 is 32.5. The van der Waals surface area contributed by atoms with Gasteiger partial charge in [0.2, 0.25) is 5.91 Å². The maximum atomic E-state index is 11.3. The van der Waals surface area contributed by atoms with Crippen molar-refractivity contribution < 1.29 is 21.4 Å². The van der Waals surface area contributed by atoms with Crippen molar-refractivity contribution in [2.24, 2.45) is 0 Å². The molecule has 1 rings (SSSR count). The Morgan fingerprint density at radius 3 is 2.53 bits per heavy atom. The minimum atomic E-state index is -4.53. The van der Waals surface area contributed by atoms with E-state index in [0.29, 0.717) is 22.8 Å². The zero-order valence-electron chi connectivity index (χ0n) is 8.29. The van der Waals surface area contributed by atoms with E-state index in [1.165, 1.54) is 0 Å². The largest absolute Gasteiger partial charge is 0.408 e. The third-order valence-corrected chi connectivity index (χ3v) is 3.16. The van der Waals surface area contributed by atoms with Crippen molar-refractivity contribution in [3.63, 3.8) is 0 Å². The number of benzene rings is 1. The number of hydrogen-bond donors (Lipinski definition) is 2. The van der Waals surface area contributed by atoms with Crippen LogP contribution in [0.3, 0.4) is 0 Å². The molecular formula is C8H8ClNO5S2. The van der Waals surface area contributed by atoms with Crippen LogP contribution in [-0.2, 0) is 18.8 Å². The number of hydrogen-bond acceptors (Lipinski definition) is 5. The number of halogens is 1. The van der Waals surface area contributed by atoms with Crippen molar-refractivity contribution in [2.75, 3.05) is 11.1 Å². The van der Waals surface area contributed by atoms with Gasteiger partial charge < -0.3 is 5.32 Å². The summed E-state index contributed by atoms with van der Waals surface area (Å²) >= 11 is 5.97. The fourth-order valence-electron chi connectivity index (χ4n) is 0.869. The summed E-state index contributed by atoms with van der Waals surface area (Å²) in [5.74, 6) is -0.747. The van der Waals surface area contributed by atoms with E-state index in [-0.39, 0.29) is 5.75 Å². The molecule has 6 nitrogen and oxygen atoms in total. The molecule has 1 aromatic rings. The fraction of sp³-hybridized carbons (Fsp3) is 0.125. The lowest BCUT2D eigenvalue weighted by Crippen LogP contribution is -2.14. The van der Waals surface area contributed by atoms with Crippen LogP contribution in [0.4, 0.5) is 5.69 Å². The molecule has 0 heterocycles. The molecule has 0 radical (unpaired) electrons. The lowest BCUT2D eigenvalue weighted by molar-refractivity contribution is -0.113. The van der Waals surface area contributed by atoms with Gasteiger partial charge in [-0.3, -0.25) is 9.35 Å². The van der Waals surface area contributed by atoms with Crippen molar-refractivity contribution in [1.29, 1.82) is 0 Å². The molecule has 0 aliphatic heterocycles. The highest BCUT2D eigenvalue weighted by atomic mass is 35.5. The molecule has 0 fully saturated rings. The van der Waals surface area contributed by atoms with Crippen LogP contribution in [-0.4, -0.2) is 24.6 Å². The average Bonchev–Trinajstić information content (AvgIpc) is 2.19. The summed E-state index contributed by atoms with van der Waals surface area (Å²) in [7, 11) is -4.53. The minimum Gasteiger partial charge on any atom is -0.325 e. The standard InChI is InChI=1S/C8H8ClNO5S2/c9-6-1-3-7(4-2-6)10-8(11)5-16-15-17(12,13)14/h1-4H,5H2,(H,10,11)(H,12,13,14). The second-order valence-corrected chi connectivity index (χ2v) is 5.17. The van der Waals surface area contributed by atoms with Crippen LogP contribution in [0.5, 0.6) is 0 Å². The van der Waals surface area contributed by atoms with Crippen LogP contribution in [0.2, 0.25) is 5.02 Å². The van der Waals surface area contributed by atoms with E-state index in [2.05, 4.69) is 8.95 Å². The quantitative estimate of drug-likeness (QED) is 0.635. The van der Waals surface area contributed by atoms with Crippen LogP contribution in [0, 0.1) is 0 Å². The summed E-state index contributed by atoms with van der Waals surface area (Å²) in [4.78, 5) is 11.3. The maximum Gasteiger partial charge on any atom is 0.408 e. The molecule has 0 saturated carbocycles. The zero-order chi connectivity index (χ0) is 12.9. The highest BCUT2D eigenvalue weighted by Gasteiger charge is 2.08. The van der Waals surface area contributed by atoms with Gasteiger partial charge in [0.25, 0.3) is 0 Å². The highest BCUT2D eigenvalue weighted by Crippen LogP contribution is 2.14. The summed E-state index contributed by atoms with van der Waals surface area (Å²) in [6, 6.07) is 6.38. The molecule has 1 amide bonds. The Labute approximate surface area is 107 Å². The van der Waals surface area contributed by atoms with Gasteiger partial charge in [0.05, 0.1) is 0 Å². The summed E-state index contributed by atoms with van der Waals surface area (Å²) in [6.45, 7) is 0. The first kappa shape index (κ1) is 14.3. The molecule has 2 N–H and O–H groups in total. The van der Waals surface area contributed by atoms with Gasteiger partial charge in [0.15, 0.2) is 0 Å². The number of carbonyl (C=O) groups excluding carboxylic acids is 1. The van der Waals surface area contributed by atoms with E-state index in [0.717, 1.165) is 0 Å². The molecule has 1 aromatic carbocycles. The molecular weight excluding hydrogens is 290 g/mol. The smallest absolute Gasteiger partial charge is 0.325 e. The first-order valence-corrected chi connectivity index (χ1v) is 6.86. The van der Waals surface area contributed by atoms with E-state index in [1.54, 1.807) is 24.3 Å². The van der Waals surface area contributed by atoms with Crippen molar-refractivity contribution >= 4 is 45.6 Å².